The first kappa shape index (κ1) is 17.2. The standard InChI is InChI=1S/C15H21ClN2O3S/c1-3-18-14(8-5-9-22(18,20)21)15(19)17-10-12-11(2)6-4-7-13(12)16/h4,6-7,14H,3,5,8-10H2,1-2H3,(H,17,19). The highest BCUT2D eigenvalue weighted by molar-refractivity contribution is 7.89. The highest BCUT2D eigenvalue weighted by Crippen LogP contribution is 2.22. The number of nitrogens with zero attached hydrogens (tertiary/aromatic N) is 1. The Bertz CT molecular complexity index is 641. The molecule has 1 fully saturated rings. The molecule has 5 nitrogen and oxygen atoms in total. The number of hydrogen-bond acceptors (Lipinski definition) is 3. The maximum atomic E-state index is 12.4. The van der Waals surface area contributed by atoms with E-state index < -0.39 is 16.1 Å². The fraction of sp³-hybridized carbons (Fsp3) is 0.533. The predicted octanol–water partition coefficient (Wildman–Crippen LogP) is 2.08. The maximum Gasteiger partial charge on any atom is 0.238 e. The first-order chi connectivity index (χ1) is 10.4. The zero-order valence-corrected chi connectivity index (χ0v) is 14.4. The second kappa shape index (κ2) is 6.98. The van der Waals surface area contributed by atoms with Crippen LogP contribution in [0.3, 0.4) is 0 Å². The molecule has 1 unspecified atom stereocenters. The Kier molecular flexibility index (Phi) is 5.47. The van der Waals surface area contributed by atoms with Crippen LogP contribution in [-0.4, -0.2) is 37.0 Å². The molecule has 0 aromatic heterocycles. The van der Waals surface area contributed by atoms with E-state index in [0.717, 1.165) is 11.1 Å². The van der Waals surface area contributed by atoms with Crippen molar-refractivity contribution in [1.29, 1.82) is 0 Å². The second-order valence-corrected chi connectivity index (χ2v) is 7.88. The number of hydrogen-bond donors (Lipinski definition) is 1. The fourth-order valence-corrected chi connectivity index (χ4v) is 4.81. The van der Waals surface area contributed by atoms with Gasteiger partial charge in [0.2, 0.25) is 15.9 Å². The van der Waals surface area contributed by atoms with E-state index in [2.05, 4.69) is 5.32 Å². The smallest absolute Gasteiger partial charge is 0.238 e. The summed E-state index contributed by atoms with van der Waals surface area (Å²) in [4.78, 5) is 12.4. The van der Waals surface area contributed by atoms with Gasteiger partial charge in [-0.05, 0) is 37.0 Å². The van der Waals surface area contributed by atoms with Gasteiger partial charge in [0.1, 0.15) is 6.04 Å². The van der Waals surface area contributed by atoms with Crippen molar-refractivity contribution in [2.24, 2.45) is 0 Å². The number of carbonyl (C=O) groups is 1. The maximum absolute atomic E-state index is 12.4. The van der Waals surface area contributed by atoms with Crippen molar-refractivity contribution in [1.82, 2.24) is 9.62 Å². The molecular weight excluding hydrogens is 324 g/mol. The van der Waals surface area contributed by atoms with Crippen LogP contribution >= 0.6 is 11.6 Å². The number of halogens is 1. The van der Waals surface area contributed by atoms with Crippen LogP contribution in [0.2, 0.25) is 5.02 Å². The Balaban J connectivity index is 2.09. The minimum absolute atomic E-state index is 0.119. The lowest BCUT2D eigenvalue weighted by atomic mass is 10.1. The van der Waals surface area contributed by atoms with Crippen molar-refractivity contribution in [3.05, 3.63) is 34.3 Å². The van der Waals surface area contributed by atoms with Crippen LogP contribution in [0.5, 0.6) is 0 Å². The third-order valence-corrected chi connectivity index (χ3v) is 6.38. The van der Waals surface area contributed by atoms with Gasteiger partial charge in [0.15, 0.2) is 0 Å². The van der Waals surface area contributed by atoms with Gasteiger partial charge in [-0.25, -0.2) is 8.42 Å². The van der Waals surface area contributed by atoms with Crippen molar-refractivity contribution >= 4 is 27.5 Å². The summed E-state index contributed by atoms with van der Waals surface area (Å²) in [5.41, 5.74) is 1.86. The van der Waals surface area contributed by atoms with Crippen molar-refractivity contribution < 1.29 is 13.2 Å². The van der Waals surface area contributed by atoms with Gasteiger partial charge in [-0.1, -0.05) is 30.7 Å². The van der Waals surface area contributed by atoms with Crippen LogP contribution in [0.15, 0.2) is 18.2 Å². The largest absolute Gasteiger partial charge is 0.351 e. The molecular formula is C15H21ClN2O3S. The number of rotatable bonds is 4. The van der Waals surface area contributed by atoms with Crippen molar-refractivity contribution in [2.45, 2.75) is 39.3 Å². The van der Waals surface area contributed by atoms with Crippen molar-refractivity contribution in [3.63, 3.8) is 0 Å². The molecule has 1 N–H and O–H groups in total. The summed E-state index contributed by atoms with van der Waals surface area (Å²) < 4.78 is 25.4. The van der Waals surface area contributed by atoms with Gasteiger partial charge in [-0.15, -0.1) is 0 Å². The minimum atomic E-state index is -3.32. The van der Waals surface area contributed by atoms with Crippen LogP contribution in [0.4, 0.5) is 0 Å². The Labute approximate surface area is 136 Å². The first-order valence-corrected chi connectivity index (χ1v) is 9.36. The lowest BCUT2D eigenvalue weighted by molar-refractivity contribution is -0.125. The van der Waals surface area contributed by atoms with Gasteiger partial charge < -0.3 is 5.32 Å². The molecule has 1 atom stereocenters. The van der Waals surface area contributed by atoms with E-state index in [9.17, 15) is 13.2 Å². The fourth-order valence-electron chi connectivity index (χ4n) is 2.78. The third-order valence-electron chi connectivity index (χ3n) is 3.99. The number of benzene rings is 1. The van der Waals surface area contributed by atoms with Crippen LogP contribution in [0, 0.1) is 6.92 Å². The van der Waals surface area contributed by atoms with Gasteiger partial charge in [0.05, 0.1) is 5.75 Å². The topological polar surface area (TPSA) is 66.5 Å². The molecule has 0 radical (unpaired) electrons. The number of amides is 1. The minimum Gasteiger partial charge on any atom is -0.351 e. The number of carbonyl (C=O) groups excluding carboxylic acids is 1. The second-order valence-electron chi connectivity index (χ2n) is 5.43. The van der Waals surface area contributed by atoms with Crippen molar-refractivity contribution in [2.75, 3.05) is 12.3 Å². The van der Waals surface area contributed by atoms with E-state index >= 15 is 0 Å². The zero-order chi connectivity index (χ0) is 16.3. The van der Waals surface area contributed by atoms with Crippen LogP contribution in [0.1, 0.15) is 30.9 Å². The molecule has 7 heteroatoms. The summed E-state index contributed by atoms with van der Waals surface area (Å²) in [5, 5.41) is 3.42. The monoisotopic (exact) mass is 344 g/mol. The zero-order valence-electron chi connectivity index (χ0n) is 12.8. The molecule has 22 heavy (non-hydrogen) atoms. The van der Waals surface area contributed by atoms with Crippen LogP contribution in [-0.2, 0) is 21.4 Å². The Hall–Kier alpha value is -1.11. The first-order valence-electron chi connectivity index (χ1n) is 7.38. The molecule has 0 bridgehead atoms. The third kappa shape index (κ3) is 3.62. The quantitative estimate of drug-likeness (QED) is 0.909. The number of aryl methyl sites for hydroxylation is 1. The highest BCUT2D eigenvalue weighted by atomic mass is 35.5. The van der Waals surface area contributed by atoms with Gasteiger partial charge in [-0.3, -0.25) is 4.79 Å². The van der Waals surface area contributed by atoms with Crippen LogP contribution in [0.25, 0.3) is 0 Å². The normalized spacial score (nSPS) is 21.5. The number of sulfonamides is 1. The van der Waals surface area contributed by atoms with Gasteiger partial charge in [-0.2, -0.15) is 4.31 Å². The number of likely N-dealkylation sites (N-methyl/N-ethyl adjacent to an activating group) is 1. The SMILES string of the molecule is CCN1C(C(=O)NCc2c(C)cccc2Cl)CCCS1(=O)=O. The summed E-state index contributed by atoms with van der Waals surface area (Å²) in [6.07, 6.45) is 1.07. The van der Waals surface area contributed by atoms with E-state index in [1.54, 1.807) is 13.0 Å². The molecule has 1 amide bonds. The molecule has 0 saturated carbocycles. The molecule has 2 rings (SSSR count). The van der Waals surface area contributed by atoms with Gasteiger partial charge in [0, 0.05) is 18.1 Å². The molecule has 0 aliphatic carbocycles. The summed E-state index contributed by atoms with van der Waals surface area (Å²) in [6.45, 7) is 4.29. The average Bonchev–Trinajstić information content (AvgIpc) is 2.45. The number of nitrogens with one attached hydrogen (secondary N) is 1. The van der Waals surface area contributed by atoms with Gasteiger partial charge >= 0.3 is 0 Å². The lowest BCUT2D eigenvalue weighted by Crippen LogP contribution is -2.52. The summed E-state index contributed by atoms with van der Waals surface area (Å²) in [6, 6.07) is 4.94. The molecule has 1 aromatic carbocycles. The van der Waals surface area contributed by atoms with E-state index in [0.29, 0.717) is 31.0 Å². The Morgan fingerprint density at radius 2 is 2.18 bits per heavy atom. The lowest BCUT2D eigenvalue weighted by Gasteiger charge is -2.33. The van der Waals surface area contributed by atoms with E-state index in [1.807, 2.05) is 19.1 Å². The molecule has 1 aromatic rings. The summed E-state index contributed by atoms with van der Waals surface area (Å²) >= 11 is 6.14. The van der Waals surface area contributed by atoms with E-state index in [-0.39, 0.29) is 11.7 Å². The van der Waals surface area contributed by atoms with Crippen molar-refractivity contribution in [3.8, 4) is 0 Å². The molecule has 0 spiro atoms. The average molecular weight is 345 g/mol. The van der Waals surface area contributed by atoms with E-state index in [1.165, 1.54) is 4.31 Å². The van der Waals surface area contributed by atoms with Crippen LogP contribution < -0.4 is 5.32 Å². The molecule has 1 saturated heterocycles. The molecule has 1 aliphatic rings. The highest BCUT2D eigenvalue weighted by Gasteiger charge is 2.36. The van der Waals surface area contributed by atoms with E-state index in [4.69, 9.17) is 11.6 Å². The Morgan fingerprint density at radius 3 is 2.82 bits per heavy atom. The molecule has 122 valence electrons. The Morgan fingerprint density at radius 1 is 1.45 bits per heavy atom. The molecule has 1 aliphatic heterocycles. The molecule has 1 heterocycles. The predicted molar refractivity (Wildman–Crippen MR) is 87.2 cm³/mol. The van der Waals surface area contributed by atoms with Gasteiger partial charge in [0.25, 0.3) is 0 Å². The summed E-state index contributed by atoms with van der Waals surface area (Å²) in [5.74, 6) is -0.140. The summed E-state index contributed by atoms with van der Waals surface area (Å²) in [7, 11) is -3.32.